The summed E-state index contributed by atoms with van der Waals surface area (Å²) in [6, 6.07) is 0. The standard InChI is InChI=1S/C7H11N2/c1-3-5-9-6-4-8-7(9)2/h4,6H,1,3,5H2,2H3. The van der Waals surface area contributed by atoms with Gasteiger partial charge in [0.05, 0.1) is 0 Å². The Balaban J connectivity index is 2.69. The third-order valence-corrected chi connectivity index (χ3v) is 1.32. The zero-order chi connectivity index (χ0) is 6.69. The maximum Gasteiger partial charge on any atom is 0.105 e. The summed E-state index contributed by atoms with van der Waals surface area (Å²) in [5, 5.41) is 0. The molecular weight excluding hydrogens is 112 g/mol. The molecule has 0 amide bonds. The molecule has 0 N–H and O–H groups in total. The van der Waals surface area contributed by atoms with E-state index in [1.807, 2.05) is 19.3 Å². The van der Waals surface area contributed by atoms with Gasteiger partial charge in [-0.2, -0.15) is 0 Å². The number of imidazole rings is 1. The first-order valence-electron chi connectivity index (χ1n) is 3.11. The van der Waals surface area contributed by atoms with Crippen LogP contribution in [0.4, 0.5) is 0 Å². The number of nitrogens with zero attached hydrogens (tertiary/aromatic N) is 2. The average molecular weight is 123 g/mol. The molecule has 2 nitrogen and oxygen atoms in total. The summed E-state index contributed by atoms with van der Waals surface area (Å²) in [5.74, 6) is 1.07. The van der Waals surface area contributed by atoms with E-state index >= 15 is 0 Å². The Kier molecular flexibility index (Phi) is 1.88. The molecule has 1 aromatic heterocycles. The molecule has 0 aromatic carbocycles. The van der Waals surface area contributed by atoms with Crippen LogP contribution in [0.1, 0.15) is 12.2 Å². The third-order valence-electron chi connectivity index (χ3n) is 1.32. The zero-order valence-corrected chi connectivity index (χ0v) is 5.67. The third kappa shape index (κ3) is 1.31. The van der Waals surface area contributed by atoms with Crippen LogP contribution in [0.25, 0.3) is 0 Å². The van der Waals surface area contributed by atoms with Gasteiger partial charge in [-0.05, 0) is 13.3 Å². The summed E-state index contributed by atoms with van der Waals surface area (Å²) < 4.78 is 2.09. The molecule has 0 saturated heterocycles. The van der Waals surface area contributed by atoms with Crippen molar-refractivity contribution in [2.24, 2.45) is 0 Å². The molecule has 0 aliphatic carbocycles. The quantitative estimate of drug-likeness (QED) is 0.581. The highest BCUT2D eigenvalue weighted by Gasteiger charge is 1.91. The van der Waals surface area contributed by atoms with Crippen molar-refractivity contribution < 1.29 is 0 Å². The largest absolute Gasteiger partial charge is 0.335 e. The highest BCUT2D eigenvalue weighted by Crippen LogP contribution is 1.95. The second-order valence-corrected chi connectivity index (χ2v) is 2.02. The lowest BCUT2D eigenvalue weighted by Crippen LogP contribution is -1.96. The Morgan fingerprint density at radius 2 is 2.56 bits per heavy atom. The lowest BCUT2D eigenvalue weighted by atomic mass is 10.5. The molecule has 9 heavy (non-hydrogen) atoms. The summed E-state index contributed by atoms with van der Waals surface area (Å²) in [6.45, 7) is 6.73. The fraction of sp³-hybridized carbons (Fsp3) is 0.429. The average Bonchev–Trinajstić information content (AvgIpc) is 2.18. The van der Waals surface area contributed by atoms with Crippen LogP contribution in [0, 0.1) is 13.8 Å². The zero-order valence-electron chi connectivity index (χ0n) is 5.67. The van der Waals surface area contributed by atoms with E-state index in [1.54, 1.807) is 0 Å². The molecule has 1 heterocycles. The van der Waals surface area contributed by atoms with Gasteiger partial charge in [0.15, 0.2) is 0 Å². The summed E-state index contributed by atoms with van der Waals surface area (Å²) in [4.78, 5) is 4.07. The van der Waals surface area contributed by atoms with Crippen LogP contribution in [-0.4, -0.2) is 9.55 Å². The van der Waals surface area contributed by atoms with Crippen molar-refractivity contribution in [1.29, 1.82) is 0 Å². The predicted octanol–water partition coefficient (Wildman–Crippen LogP) is 1.42. The molecular formula is C7H11N2. The first-order chi connectivity index (χ1) is 4.34. The highest BCUT2D eigenvalue weighted by molar-refractivity contribution is 4.87. The summed E-state index contributed by atoms with van der Waals surface area (Å²) in [7, 11) is 0. The Hall–Kier alpha value is -0.790. The Morgan fingerprint density at radius 1 is 1.78 bits per heavy atom. The lowest BCUT2D eigenvalue weighted by molar-refractivity contribution is 0.683. The van der Waals surface area contributed by atoms with Crippen LogP contribution in [0.5, 0.6) is 0 Å². The van der Waals surface area contributed by atoms with Gasteiger partial charge in [0.2, 0.25) is 0 Å². The molecule has 0 fully saturated rings. The van der Waals surface area contributed by atoms with Gasteiger partial charge in [-0.25, -0.2) is 4.98 Å². The maximum atomic E-state index is 4.07. The van der Waals surface area contributed by atoms with E-state index in [9.17, 15) is 0 Å². The van der Waals surface area contributed by atoms with E-state index in [0.29, 0.717) is 0 Å². The minimum atomic E-state index is 0.928. The number of hydrogen-bond acceptors (Lipinski definition) is 1. The van der Waals surface area contributed by atoms with Crippen LogP contribution in [0.15, 0.2) is 12.4 Å². The molecule has 1 radical (unpaired) electrons. The Bertz CT molecular complexity index is 179. The second kappa shape index (κ2) is 2.67. The van der Waals surface area contributed by atoms with E-state index in [-0.39, 0.29) is 0 Å². The summed E-state index contributed by atoms with van der Waals surface area (Å²) in [5.41, 5.74) is 0. The molecule has 2 heteroatoms. The molecule has 0 spiro atoms. The molecule has 1 rings (SSSR count). The van der Waals surface area contributed by atoms with Gasteiger partial charge in [0, 0.05) is 18.9 Å². The molecule has 1 aromatic rings. The minimum absolute atomic E-state index is 0.928. The van der Waals surface area contributed by atoms with Crippen molar-refractivity contribution in [2.75, 3.05) is 0 Å². The topological polar surface area (TPSA) is 17.8 Å². The van der Waals surface area contributed by atoms with Gasteiger partial charge in [-0.15, -0.1) is 0 Å². The monoisotopic (exact) mass is 123 g/mol. The SMILES string of the molecule is [CH2]CCn1ccnc1C. The molecule has 0 aliphatic heterocycles. The number of aromatic nitrogens is 2. The van der Waals surface area contributed by atoms with E-state index in [0.717, 1.165) is 18.8 Å². The summed E-state index contributed by atoms with van der Waals surface area (Å²) >= 11 is 0. The van der Waals surface area contributed by atoms with E-state index in [1.165, 1.54) is 0 Å². The first-order valence-corrected chi connectivity index (χ1v) is 3.11. The van der Waals surface area contributed by atoms with Crippen LogP contribution >= 0.6 is 0 Å². The van der Waals surface area contributed by atoms with Gasteiger partial charge < -0.3 is 4.57 Å². The van der Waals surface area contributed by atoms with Crippen molar-refractivity contribution in [3.63, 3.8) is 0 Å². The van der Waals surface area contributed by atoms with E-state index < -0.39 is 0 Å². The van der Waals surface area contributed by atoms with Crippen molar-refractivity contribution in [2.45, 2.75) is 19.9 Å². The van der Waals surface area contributed by atoms with Gasteiger partial charge >= 0.3 is 0 Å². The lowest BCUT2D eigenvalue weighted by Gasteiger charge is -1.99. The van der Waals surface area contributed by atoms with E-state index in [2.05, 4.69) is 16.5 Å². The van der Waals surface area contributed by atoms with Gasteiger partial charge in [-0.3, -0.25) is 0 Å². The summed E-state index contributed by atoms with van der Waals surface area (Å²) in [6.07, 6.45) is 4.71. The van der Waals surface area contributed by atoms with Crippen molar-refractivity contribution in [1.82, 2.24) is 9.55 Å². The molecule has 49 valence electrons. The number of rotatable bonds is 2. The van der Waals surface area contributed by atoms with Crippen LogP contribution in [-0.2, 0) is 6.54 Å². The van der Waals surface area contributed by atoms with Gasteiger partial charge in [-0.1, -0.05) is 6.92 Å². The molecule has 0 unspecified atom stereocenters. The number of aryl methyl sites for hydroxylation is 2. The molecule has 0 bridgehead atoms. The van der Waals surface area contributed by atoms with Crippen LogP contribution in [0.3, 0.4) is 0 Å². The maximum absolute atomic E-state index is 4.07. The van der Waals surface area contributed by atoms with Gasteiger partial charge in [0.25, 0.3) is 0 Å². The van der Waals surface area contributed by atoms with Crippen LogP contribution < -0.4 is 0 Å². The molecule has 0 atom stereocenters. The highest BCUT2D eigenvalue weighted by atomic mass is 15.0. The fourth-order valence-electron chi connectivity index (χ4n) is 0.810. The minimum Gasteiger partial charge on any atom is -0.335 e. The van der Waals surface area contributed by atoms with Crippen LogP contribution in [0.2, 0.25) is 0 Å². The van der Waals surface area contributed by atoms with Crippen molar-refractivity contribution >= 4 is 0 Å². The second-order valence-electron chi connectivity index (χ2n) is 2.02. The van der Waals surface area contributed by atoms with E-state index in [4.69, 9.17) is 0 Å². The van der Waals surface area contributed by atoms with Gasteiger partial charge in [0.1, 0.15) is 5.82 Å². The van der Waals surface area contributed by atoms with Crippen molar-refractivity contribution in [3.8, 4) is 0 Å². The Labute approximate surface area is 55.5 Å². The smallest absolute Gasteiger partial charge is 0.105 e. The normalized spacial score (nSPS) is 10.0. The first kappa shape index (κ1) is 6.33. The predicted molar refractivity (Wildman–Crippen MR) is 36.9 cm³/mol. The molecule has 0 saturated carbocycles. The van der Waals surface area contributed by atoms with Crippen molar-refractivity contribution in [3.05, 3.63) is 25.1 Å². The molecule has 0 aliphatic rings. The number of hydrogen-bond donors (Lipinski definition) is 0. The Morgan fingerprint density at radius 3 is 3.00 bits per heavy atom. The fourth-order valence-corrected chi connectivity index (χ4v) is 0.810.